The van der Waals surface area contributed by atoms with Crippen molar-refractivity contribution in [2.45, 2.75) is 37.8 Å². The molecular weight excluding hydrogens is 268 g/mol. The van der Waals surface area contributed by atoms with Crippen LogP contribution in [0.25, 0.3) is 10.8 Å². The number of nitriles is 1. The van der Waals surface area contributed by atoms with E-state index in [1.54, 1.807) is 0 Å². The van der Waals surface area contributed by atoms with Crippen LogP contribution in [0, 0.1) is 11.3 Å². The quantitative estimate of drug-likeness (QED) is 0.782. The van der Waals surface area contributed by atoms with Crippen molar-refractivity contribution in [1.29, 1.82) is 5.26 Å². The molecule has 0 aromatic heterocycles. The fourth-order valence-corrected chi connectivity index (χ4v) is 3.91. The van der Waals surface area contributed by atoms with Crippen LogP contribution in [-0.4, -0.2) is 12.1 Å². The second-order valence-electron chi connectivity index (χ2n) is 5.66. The van der Waals surface area contributed by atoms with Crippen molar-refractivity contribution in [3.05, 3.63) is 42.0 Å². The zero-order valence-corrected chi connectivity index (χ0v) is 12.1. The van der Waals surface area contributed by atoms with Gasteiger partial charge in [-0.1, -0.05) is 24.3 Å². The van der Waals surface area contributed by atoms with Crippen molar-refractivity contribution in [2.24, 2.45) is 0 Å². The third-order valence-corrected chi connectivity index (χ3v) is 4.75. The van der Waals surface area contributed by atoms with Crippen LogP contribution in [0.4, 0.5) is 5.69 Å². The van der Waals surface area contributed by atoms with Crippen LogP contribution < -0.4 is 4.90 Å². The molecule has 2 aliphatic rings. The number of fused-ring (bicyclic) bond motifs is 3. The number of hydrogen-bond acceptors (Lipinski definition) is 2. The van der Waals surface area contributed by atoms with Gasteiger partial charge < -0.3 is 4.90 Å². The molecule has 3 heteroatoms. The topological polar surface area (TPSA) is 27.0 Å². The van der Waals surface area contributed by atoms with Crippen molar-refractivity contribution in [2.75, 3.05) is 4.90 Å². The molecule has 0 spiro atoms. The van der Waals surface area contributed by atoms with Gasteiger partial charge in [0.05, 0.1) is 11.6 Å². The molecule has 2 saturated heterocycles. The Morgan fingerprint density at radius 2 is 1.50 bits per heavy atom. The van der Waals surface area contributed by atoms with Gasteiger partial charge in [0.15, 0.2) is 0 Å². The van der Waals surface area contributed by atoms with E-state index in [4.69, 9.17) is 0 Å². The first kappa shape index (κ1) is 13.3. The second kappa shape index (κ2) is 5.00. The lowest BCUT2D eigenvalue weighted by atomic mass is 10.0. The zero-order valence-electron chi connectivity index (χ0n) is 11.2. The minimum absolute atomic E-state index is 0. The van der Waals surface area contributed by atoms with Gasteiger partial charge in [-0.15, -0.1) is 12.4 Å². The maximum absolute atomic E-state index is 9.24. The highest BCUT2D eigenvalue weighted by Crippen LogP contribution is 2.43. The minimum Gasteiger partial charge on any atom is -0.365 e. The van der Waals surface area contributed by atoms with E-state index in [0.717, 1.165) is 23.0 Å². The molecule has 2 aromatic rings. The molecule has 0 unspecified atom stereocenters. The van der Waals surface area contributed by atoms with Crippen molar-refractivity contribution < 1.29 is 0 Å². The largest absolute Gasteiger partial charge is 0.365 e. The third kappa shape index (κ3) is 1.77. The van der Waals surface area contributed by atoms with Crippen LogP contribution in [0.3, 0.4) is 0 Å². The molecule has 2 fully saturated rings. The van der Waals surface area contributed by atoms with E-state index < -0.39 is 0 Å². The van der Waals surface area contributed by atoms with Crippen LogP contribution in [0.15, 0.2) is 36.4 Å². The second-order valence-corrected chi connectivity index (χ2v) is 5.66. The fourth-order valence-electron chi connectivity index (χ4n) is 3.91. The van der Waals surface area contributed by atoms with E-state index in [1.165, 1.54) is 36.8 Å². The summed E-state index contributed by atoms with van der Waals surface area (Å²) in [6, 6.07) is 16.2. The number of rotatable bonds is 1. The Labute approximate surface area is 125 Å². The standard InChI is InChI=1S/C17H16N2.ClH/c18-11-12-5-10-17(16-4-2-1-3-15(12)16)19-13-6-7-14(19)9-8-13;/h1-5,10,13-14H,6-9H2;1H. The molecule has 0 aliphatic carbocycles. The highest BCUT2D eigenvalue weighted by molar-refractivity contribution is 5.98. The van der Waals surface area contributed by atoms with Gasteiger partial charge in [-0.05, 0) is 37.8 Å². The van der Waals surface area contributed by atoms with Gasteiger partial charge in [-0.25, -0.2) is 0 Å². The SMILES string of the molecule is Cl.N#Cc1ccc(N2C3CCC2CC3)c2ccccc12. The molecule has 0 atom stereocenters. The monoisotopic (exact) mass is 284 g/mol. The van der Waals surface area contributed by atoms with E-state index in [9.17, 15) is 5.26 Å². The molecule has 0 saturated carbocycles. The van der Waals surface area contributed by atoms with Gasteiger partial charge in [0, 0.05) is 28.5 Å². The minimum atomic E-state index is 0. The number of nitrogens with zero attached hydrogens (tertiary/aromatic N) is 2. The van der Waals surface area contributed by atoms with E-state index in [-0.39, 0.29) is 12.4 Å². The Bertz CT molecular complexity index is 669. The molecule has 4 rings (SSSR count). The van der Waals surface area contributed by atoms with Gasteiger partial charge in [-0.3, -0.25) is 0 Å². The summed E-state index contributed by atoms with van der Waals surface area (Å²) in [7, 11) is 0. The summed E-state index contributed by atoms with van der Waals surface area (Å²) < 4.78 is 0. The van der Waals surface area contributed by atoms with Gasteiger partial charge in [0.25, 0.3) is 0 Å². The maximum atomic E-state index is 9.24. The fraction of sp³-hybridized carbons (Fsp3) is 0.353. The molecule has 0 N–H and O–H groups in total. The molecule has 2 aromatic carbocycles. The summed E-state index contributed by atoms with van der Waals surface area (Å²) in [6.45, 7) is 0. The zero-order chi connectivity index (χ0) is 12.8. The highest BCUT2D eigenvalue weighted by Gasteiger charge is 2.39. The first-order chi connectivity index (χ1) is 9.38. The van der Waals surface area contributed by atoms with E-state index in [0.29, 0.717) is 0 Å². The molecular formula is C17H17ClN2. The Morgan fingerprint density at radius 1 is 0.900 bits per heavy atom. The molecule has 2 heterocycles. The highest BCUT2D eigenvalue weighted by atomic mass is 35.5. The van der Waals surface area contributed by atoms with Gasteiger partial charge >= 0.3 is 0 Å². The van der Waals surface area contributed by atoms with Gasteiger partial charge in [0.1, 0.15) is 0 Å². The summed E-state index contributed by atoms with van der Waals surface area (Å²) in [6.07, 6.45) is 5.33. The predicted molar refractivity (Wildman–Crippen MR) is 84.4 cm³/mol. The predicted octanol–water partition coefficient (Wildman–Crippen LogP) is 4.26. The van der Waals surface area contributed by atoms with Crippen molar-refractivity contribution in [3.63, 3.8) is 0 Å². The van der Waals surface area contributed by atoms with Gasteiger partial charge in [-0.2, -0.15) is 5.26 Å². The number of halogens is 1. The molecule has 2 bridgehead atoms. The summed E-state index contributed by atoms with van der Waals surface area (Å²) >= 11 is 0. The van der Waals surface area contributed by atoms with Crippen molar-refractivity contribution in [3.8, 4) is 6.07 Å². The van der Waals surface area contributed by atoms with Crippen LogP contribution >= 0.6 is 12.4 Å². The summed E-state index contributed by atoms with van der Waals surface area (Å²) in [5.41, 5.74) is 2.12. The van der Waals surface area contributed by atoms with Crippen LogP contribution in [-0.2, 0) is 0 Å². The Balaban J connectivity index is 0.00000121. The molecule has 2 nitrogen and oxygen atoms in total. The Kier molecular flexibility index (Phi) is 3.31. The summed E-state index contributed by atoms with van der Waals surface area (Å²) in [4.78, 5) is 2.61. The Morgan fingerprint density at radius 3 is 2.10 bits per heavy atom. The van der Waals surface area contributed by atoms with Gasteiger partial charge in [0.2, 0.25) is 0 Å². The first-order valence-electron chi connectivity index (χ1n) is 7.08. The molecule has 102 valence electrons. The molecule has 2 aliphatic heterocycles. The van der Waals surface area contributed by atoms with Crippen LogP contribution in [0.1, 0.15) is 31.2 Å². The summed E-state index contributed by atoms with van der Waals surface area (Å²) in [5.74, 6) is 0. The molecule has 0 amide bonds. The van der Waals surface area contributed by atoms with Crippen LogP contribution in [0.2, 0.25) is 0 Å². The van der Waals surface area contributed by atoms with Crippen molar-refractivity contribution in [1.82, 2.24) is 0 Å². The molecule has 0 radical (unpaired) electrons. The lowest BCUT2D eigenvalue weighted by molar-refractivity contribution is 0.576. The van der Waals surface area contributed by atoms with Crippen LogP contribution in [0.5, 0.6) is 0 Å². The number of anilines is 1. The Hall–Kier alpha value is -1.72. The molecule has 20 heavy (non-hydrogen) atoms. The third-order valence-electron chi connectivity index (χ3n) is 4.75. The summed E-state index contributed by atoms with van der Waals surface area (Å²) in [5, 5.41) is 11.6. The lowest BCUT2D eigenvalue weighted by Crippen LogP contribution is -2.28. The van der Waals surface area contributed by atoms with E-state index in [2.05, 4.69) is 35.2 Å². The first-order valence-corrected chi connectivity index (χ1v) is 7.08. The van der Waals surface area contributed by atoms with E-state index in [1.807, 2.05) is 12.1 Å². The smallest absolute Gasteiger partial charge is 0.0998 e. The lowest BCUT2D eigenvalue weighted by Gasteiger charge is -2.26. The van der Waals surface area contributed by atoms with Crippen molar-refractivity contribution >= 4 is 28.9 Å². The van der Waals surface area contributed by atoms with E-state index >= 15 is 0 Å². The number of hydrogen-bond donors (Lipinski definition) is 0. The number of benzene rings is 2. The normalized spacial score (nSPS) is 23.6. The maximum Gasteiger partial charge on any atom is 0.0998 e. The average Bonchev–Trinajstić information content (AvgIpc) is 3.06. The average molecular weight is 285 g/mol.